The van der Waals surface area contributed by atoms with Crippen LogP contribution in [0.3, 0.4) is 0 Å². The molecule has 1 unspecified atom stereocenters. The molecular formula is C34H37N3O6. The summed E-state index contributed by atoms with van der Waals surface area (Å²) >= 11 is 0. The Labute approximate surface area is 252 Å². The molecule has 4 aromatic carbocycles. The second-order valence-corrected chi connectivity index (χ2v) is 9.86. The van der Waals surface area contributed by atoms with Gasteiger partial charge in [-0.05, 0) is 53.1 Å². The van der Waals surface area contributed by atoms with Crippen LogP contribution in [0.4, 0.5) is 21.0 Å². The first-order valence-electron chi connectivity index (χ1n) is 14.0. The number of hydrogen-bond acceptors (Lipinski definition) is 7. The van der Waals surface area contributed by atoms with Crippen molar-refractivity contribution in [2.24, 2.45) is 0 Å². The number of amides is 2. The molecule has 9 nitrogen and oxygen atoms in total. The lowest BCUT2D eigenvalue weighted by molar-refractivity contribution is 0.106. The Balaban J connectivity index is 1.49. The van der Waals surface area contributed by atoms with Gasteiger partial charge in [-0.2, -0.15) is 0 Å². The van der Waals surface area contributed by atoms with E-state index in [2.05, 4.69) is 15.4 Å². The summed E-state index contributed by atoms with van der Waals surface area (Å²) in [5.74, 6) is 0.609. The maximum absolute atomic E-state index is 12.7. The van der Waals surface area contributed by atoms with E-state index in [0.717, 1.165) is 16.7 Å². The number of nitrogens with one attached hydrogen (secondary N) is 2. The van der Waals surface area contributed by atoms with E-state index in [0.29, 0.717) is 36.8 Å². The van der Waals surface area contributed by atoms with Crippen molar-refractivity contribution in [2.75, 3.05) is 44.1 Å². The number of methoxy groups -OCH3 is 2. The second-order valence-electron chi connectivity index (χ2n) is 9.86. The number of aliphatic hydroxyl groups excluding tert-OH is 1. The van der Waals surface area contributed by atoms with E-state index in [1.165, 1.54) is 14.2 Å². The first-order chi connectivity index (χ1) is 21.0. The number of nitrogens with zero attached hydrogens (tertiary/aromatic N) is 1. The fourth-order valence-electron chi connectivity index (χ4n) is 4.58. The molecule has 0 aliphatic heterocycles. The number of aliphatic hydroxyl groups is 1. The molecule has 0 fully saturated rings. The van der Waals surface area contributed by atoms with Gasteiger partial charge in [-0.15, -0.1) is 0 Å². The fourth-order valence-corrected chi connectivity index (χ4v) is 4.58. The third kappa shape index (κ3) is 9.32. The van der Waals surface area contributed by atoms with Crippen LogP contribution in [0.2, 0.25) is 0 Å². The Bertz CT molecular complexity index is 1420. The zero-order valence-corrected chi connectivity index (χ0v) is 24.3. The van der Waals surface area contributed by atoms with Gasteiger partial charge in [-0.1, -0.05) is 72.8 Å². The molecule has 4 aromatic rings. The minimum absolute atomic E-state index is 0.0934. The minimum atomic E-state index is -0.707. The summed E-state index contributed by atoms with van der Waals surface area (Å²) in [7, 11) is 2.68. The van der Waals surface area contributed by atoms with Crippen molar-refractivity contribution in [3.05, 3.63) is 126 Å². The van der Waals surface area contributed by atoms with Crippen molar-refractivity contribution in [1.29, 1.82) is 0 Å². The monoisotopic (exact) mass is 583 g/mol. The van der Waals surface area contributed by atoms with Crippen molar-refractivity contribution >= 4 is 23.6 Å². The minimum Gasteiger partial charge on any atom is -0.491 e. The van der Waals surface area contributed by atoms with Crippen LogP contribution in [0.15, 0.2) is 109 Å². The van der Waals surface area contributed by atoms with Crippen LogP contribution in [-0.4, -0.2) is 57.3 Å². The lowest BCUT2D eigenvalue weighted by Gasteiger charge is -2.24. The predicted molar refractivity (Wildman–Crippen MR) is 167 cm³/mol. The molecule has 2 atom stereocenters. The van der Waals surface area contributed by atoms with E-state index >= 15 is 0 Å². The molecule has 9 heteroatoms. The predicted octanol–water partition coefficient (Wildman–Crippen LogP) is 5.80. The summed E-state index contributed by atoms with van der Waals surface area (Å²) in [6.45, 7) is 1.39. The Morgan fingerprint density at radius 2 is 1.37 bits per heavy atom. The van der Waals surface area contributed by atoms with Crippen molar-refractivity contribution in [2.45, 2.75) is 18.6 Å². The normalized spacial score (nSPS) is 12.1. The van der Waals surface area contributed by atoms with Crippen LogP contribution in [0.5, 0.6) is 5.75 Å². The zero-order valence-electron chi connectivity index (χ0n) is 24.3. The summed E-state index contributed by atoms with van der Waals surface area (Å²) in [5.41, 5.74) is 4.30. The summed E-state index contributed by atoms with van der Waals surface area (Å²) < 4.78 is 15.4. The summed E-state index contributed by atoms with van der Waals surface area (Å²) in [5, 5.41) is 16.5. The molecule has 0 spiro atoms. The molecule has 43 heavy (non-hydrogen) atoms. The quantitative estimate of drug-likeness (QED) is 0.183. The first kappa shape index (κ1) is 31.1. The van der Waals surface area contributed by atoms with E-state index < -0.39 is 18.3 Å². The number of carbonyl (C=O) groups excluding carboxylic acids is 2. The number of anilines is 2. The lowest BCUT2D eigenvalue weighted by atomic mass is 9.90. The number of carbonyl (C=O) groups is 2. The van der Waals surface area contributed by atoms with Crippen LogP contribution in [-0.2, 0) is 16.0 Å². The summed E-state index contributed by atoms with van der Waals surface area (Å²) in [6, 6.07) is 34.4. The Kier molecular flexibility index (Phi) is 11.5. The van der Waals surface area contributed by atoms with Gasteiger partial charge in [0.05, 0.1) is 20.8 Å². The molecular weight excluding hydrogens is 546 g/mol. The molecule has 0 bridgehead atoms. The summed E-state index contributed by atoms with van der Waals surface area (Å²) in [6.07, 6.45) is -1.70. The van der Waals surface area contributed by atoms with Crippen LogP contribution in [0.25, 0.3) is 0 Å². The molecule has 0 aliphatic rings. The van der Waals surface area contributed by atoms with Crippen LogP contribution in [0.1, 0.15) is 22.6 Å². The fraction of sp³-hybridized carbons (Fsp3) is 0.235. The molecule has 2 amide bonds. The van der Waals surface area contributed by atoms with Gasteiger partial charge in [-0.3, -0.25) is 10.2 Å². The maximum atomic E-state index is 12.7. The zero-order chi connectivity index (χ0) is 30.4. The molecule has 3 N–H and O–H groups in total. The molecule has 0 saturated heterocycles. The number of hydrogen-bond donors (Lipinski definition) is 3. The number of rotatable bonds is 13. The van der Waals surface area contributed by atoms with Gasteiger partial charge in [0.1, 0.15) is 18.5 Å². The van der Waals surface area contributed by atoms with Gasteiger partial charge in [0.2, 0.25) is 0 Å². The highest BCUT2D eigenvalue weighted by Crippen LogP contribution is 2.28. The Morgan fingerprint density at radius 1 is 0.767 bits per heavy atom. The highest BCUT2D eigenvalue weighted by Gasteiger charge is 2.20. The summed E-state index contributed by atoms with van der Waals surface area (Å²) in [4.78, 5) is 25.9. The van der Waals surface area contributed by atoms with Gasteiger partial charge < -0.3 is 24.6 Å². The molecule has 0 heterocycles. The van der Waals surface area contributed by atoms with Crippen molar-refractivity contribution < 1.29 is 28.9 Å². The van der Waals surface area contributed by atoms with Crippen molar-refractivity contribution in [3.63, 3.8) is 0 Å². The highest BCUT2D eigenvalue weighted by atomic mass is 16.5. The number of benzene rings is 4. The van der Waals surface area contributed by atoms with Gasteiger partial charge in [0.15, 0.2) is 0 Å². The first-order valence-corrected chi connectivity index (χ1v) is 14.0. The molecule has 0 aromatic heterocycles. The molecule has 0 aliphatic carbocycles. The largest absolute Gasteiger partial charge is 0.491 e. The standard InChI is InChI=1S/C34H37N3O6/c1-41-33(39)36-28-17-13-26(14-18-28)32(22-35-21-30(38)24-43-31-11-7-4-8-12-31)27-15-19-29(20-16-27)37(34(40)42-2)23-25-9-5-3-6-10-25/h3-20,30,32,35,38H,21-24H2,1-2H3,(H,36,39)/t30-,32?/m0/s1. The van der Waals surface area contributed by atoms with E-state index in [9.17, 15) is 14.7 Å². The molecule has 224 valence electrons. The smallest absolute Gasteiger partial charge is 0.414 e. The van der Waals surface area contributed by atoms with Crippen LogP contribution in [0, 0.1) is 0 Å². The highest BCUT2D eigenvalue weighted by molar-refractivity contribution is 5.87. The Morgan fingerprint density at radius 3 is 1.98 bits per heavy atom. The Hall–Kier alpha value is -4.86. The lowest BCUT2D eigenvalue weighted by Crippen LogP contribution is -2.34. The van der Waals surface area contributed by atoms with E-state index in [4.69, 9.17) is 9.47 Å². The maximum Gasteiger partial charge on any atom is 0.414 e. The van der Waals surface area contributed by atoms with E-state index in [-0.39, 0.29) is 12.5 Å². The van der Waals surface area contributed by atoms with Gasteiger partial charge in [0, 0.05) is 30.4 Å². The van der Waals surface area contributed by atoms with Crippen molar-refractivity contribution in [1.82, 2.24) is 5.32 Å². The van der Waals surface area contributed by atoms with Gasteiger partial charge in [-0.25, -0.2) is 9.59 Å². The number of para-hydroxylation sites is 1. The molecule has 0 radical (unpaired) electrons. The van der Waals surface area contributed by atoms with Gasteiger partial charge >= 0.3 is 12.2 Å². The SMILES string of the molecule is COC(=O)Nc1ccc(C(CNC[C@H](O)COc2ccccc2)c2ccc(N(Cc3ccccc3)C(=O)OC)cc2)cc1. The van der Waals surface area contributed by atoms with Crippen molar-refractivity contribution in [3.8, 4) is 5.75 Å². The molecule has 4 rings (SSSR count). The van der Waals surface area contributed by atoms with E-state index in [1.807, 2.05) is 109 Å². The second kappa shape index (κ2) is 16.0. The molecule has 0 saturated carbocycles. The van der Waals surface area contributed by atoms with Gasteiger partial charge in [0.25, 0.3) is 0 Å². The van der Waals surface area contributed by atoms with Crippen LogP contribution >= 0.6 is 0 Å². The third-order valence-corrected chi connectivity index (χ3v) is 6.84. The number of ether oxygens (including phenoxy) is 3. The third-order valence-electron chi connectivity index (χ3n) is 6.84. The average molecular weight is 584 g/mol. The average Bonchev–Trinajstić information content (AvgIpc) is 3.06. The van der Waals surface area contributed by atoms with Crippen LogP contribution < -0.4 is 20.3 Å². The topological polar surface area (TPSA) is 109 Å². The van der Waals surface area contributed by atoms with E-state index in [1.54, 1.807) is 4.90 Å².